The molecular formula is C13H9Cl2FN2O2. The highest BCUT2D eigenvalue weighted by molar-refractivity contribution is 6.37. The lowest BCUT2D eigenvalue weighted by molar-refractivity contribution is 0.0927. The maximum absolute atomic E-state index is 13.4. The number of rotatable bonds is 3. The molecule has 0 aliphatic rings. The van der Waals surface area contributed by atoms with Gasteiger partial charge < -0.3 is 4.42 Å². The van der Waals surface area contributed by atoms with Crippen LogP contribution in [0.3, 0.4) is 0 Å². The highest BCUT2D eigenvalue weighted by Crippen LogP contribution is 2.24. The number of carbonyl (C=O) groups excluding carboxylic acids is 1. The predicted octanol–water partition coefficient (Wildman–Crippen LogP) is 3.88. The molecule has 20 heavy (non-hydrogen) atoms. The number of hydrogen-bond donors (Lipinski definition) is 1. The molecule has 104 valence electrons. The first-order valence-corrected chi connectivity index (χ1v) is 6.27. The van der Waals surface area contributed by atoms with E-state index in [1.807, 2.05) is 0 Å². The summed E-state index contributed by atoms with van der Waals surface area (Å²) in [5, 5.41) is 4.01. The number of nitrogens with zero attached hydrogens (tertiary/aromatic N) is 1. The fourth-order valence-electron chi connectivity index (χ4n) is 1.46. The maximum atomic E-state index is 13.4. The van der Waals surface area contributed by atoms with Crippen molar-refractivity contribution in [3.05, 3.63) is 57.7 Å². The zero-order chi connectivity index (χ0) is 14.7. The third-order valence-corrected chi connectivity index (χ3v) is 3.07. The quantitative estimate of drug-likeness (QED) is 0.531. The van der Waals surface area contributed by atoms with Crippen molar-refractivity contribution in [2.75, 3.05) is 0 Å². The van der Waals surface area contributed by atoms with E-state index in [2.05, 4.69) is 10.5 Å². The van der Waals surface area contributed by atoms with E-state index in [1.54, 1.807) is 13.0 Å². The molecule has 0 bridgehead atoms. The molecule has 2 rings (SSSR count). The Morgan fingerprint density at radius 1 is 1.35 bits per heavy atom. The molecule has 1 aromatic heterocycles. The molecule has 0 unspecified atom stereocenters. The highest BCUT2D eigenvalue weighted by Gasteiger charge is 2.11. The second-order valence-electron chi connectivity index (χ2n) is 3.86. The maximum Gasteiger partial charge on any atom is 0.307 e. The van der Waals surface area contributed by atoms with Gasteiger partial charge >= 0.3 is 5.91 Å². The summed E-state index contributed by atoms with van der Waals surface area (Å²) in [4.78, 5) is 11.6. The van der Waals surface area contributed by atoms with Crippen LogP contribution in [0.5, 0.6) is 0 Å². The summed E-state index contributed by atoms with van der Waals surface area (Å²) < 4.78 is 18.3. The van der Waals surface area contributed by atoms with Crippen LogP contribution in [0.1, 0.15) is 23.0 Å². The van der Waals surface area contributed by atoms with E-state index in [4.69, 9.17) is 27.6 Å². The minimum Gasteiger partial charge on any atom is -0.459 e. The lowest BCUT2D eigenvalue weighted by Gasteiger charge is -2.05. The van der Waals surface area contributed by atoms with Crippen LogP contribution in [0.2, 0.25) is 10.0 Å². The Balaban J connectivity index is 2.19. The second-order valence-corrected chi connectivity index (χ2v) is 4.68. The van der Waals surface area contributed by atoms with Crippen molar-refractivity contribution in [2.45, 2.75) is 6.92 Å². The Morgan fingerprint density at radius 3 is 2.75 bits per heavy atom. The predicted molar refractivity (Wildman–Crippen MR) is 74.8 cm³/mol. The molecule has 0 aliphatic heterocycles. The van der Waals surface area contributed by atoms with E-state index in [9.17, 15) is 9.18 Å². The molecule has 0 saturated heterocycles. The molecule has 0 radical (unpaired) electrons. The SMILES string of the molecule is C/C(=N/NC(=O)c1ccco1)c1cc(F)c(Cl)cc1Cl. The third kappa shape index (κ3) is 3.18. The number of hydrazone groups is 1. The summed E-state index contributed by atoms with van der Waals surface area (Å²) >= 11 is 11.6. The average molecular weight is 315 g/mol. The molecule has 7 heteroatoms. The van der Waals surface area contributed by atoms with Gasteiger partial charge in [-0.05, 0) is 31.2 Å². The van der Waals surface area contributed by atoms with Gasteiger partial charge in [0.05, 0.1) is 22.0 Å². The van der Waals surface area contributed by atoms with Gasteiger partial charge in [-0.1, -0.05) is 23.2 Å². The summed E-state index contributed by atoms with van der Waals surface area (Å²) in [7, 11) is 0. The number of halogens is 3. The van der Waals surface area contributed by atoms with E-state index in [0.717, 1.165) is 6.07 Å². The van der Waals surface area contributed by atoms with Gasteiger partial charge in [0.15, 0.2) is 5.76 Å². The Morgan fingerprint density at radius 2 is 2.10 bits per heavy atom. The molecule has 0 fully saturated rings. The number of hydrogen-bond acceptors (Lipinski definition) is 3. The van der Waals surface area contributed by atoms with Crippen LogP contribution in [0.4, 0.5) is 4.39 Å². The molecule has 1 aromatic carbocycles. The molecule has 0 saturated carbocycles. The highest BCUT2D eigenvalue weighted by atomic mass is 35.5. The van der Waals surface area contributed by atoms with Gasteiger partial charge in [-0.2, -0.15) is 5.10 Å². The standard InChI is InChI=1S/C13H9Cl2FN2O2/c1-7(8-5-11(16)10(15)6-9(8)14)17-18-13(19)12-3-2-4-20-12/h2-6H,1H3,(H,18,19)/b17-7-. The van der Waals surface area contributed by atoms with Crippen LogP contribution in [-0.2, 0) is 0 Å². The summed E-state index contributed by atoms with van der Waals surface area (Å²) in [6.07, 6.45) is 1.37. The van der Waals surface area contributed by atoms with Gasteiger partial charge in [0.1, 0.15) is 5.82 Å². The number of furan rings is 1. The zero-order valence-electron chi connectivity index (χ0n) is 10.3. The van der Waals surface area contributed by atoms with Crippen molar-refractivity contribution in [3.8, 4) is 0 Å². The van der Waals surface area contributed by atoms with E-state index >= 15 is 0 Å². The first-order valence-electron chi connectivity index (χ1n) is 5.52. The van der Waals surface area contributed by atoms with E-state index < -0.39 is 11.7 Å². The Hall–Kier alpha value is -1.85. The topological polar surface area (TPSA) is 54.6 Å². The average Bonchev–Trinajstić information content (AvgIpc) is 2.94. The molecule has 1 heterocycles. The molecule has 0 aliphatic carbocycles. The smallest absolute Gasteiger partial charge is 0.307 e. The molecule has 4 nitrogen and oxygen atoms in total. The number of benzene rings is 1. The van der Waals surface area contributed by atoms with Crippen molar-refractivity contribution >= 4 is 34.8 Å². The lowest BCUT2D eigenvalue weighted by atomic mass is 10.1. The normalized spacial score (nSPS) is 11.5. The molecule has 0 atom stereocenters. The first-order chi connectivity index (χ1) is 9.49. The number of amides is 1. The van der Waals surface area contributed by atoms with Gasteiger partial charge in [0.2, 0.25) is 0 Å². The fraction of sp³-hybridized carbons (Fsp3) is 0.0769. The summed E-state index contributed by atoms with van der Waals surface area (Å²) in [6, 6.07) is 5.51. The minimum absolute atomic E-state index is 0.0776. The third-order valence-electron chi connectivity index (χ3n) is 2.47. The van der Waals surface area contributed by atoms with Crippen LogP contribution >= 0.6 is 23.2 Å². The van der Waals surface area contributed by atoms with Gasteiger partial charge in [-0.15, -0.1) is 0 Å². The van der Waals surface area contributed by atoms with Crippen LogP contribution in [0, 0.1) is 5.82 Å². The van der Waals surface area contributed by atoms with Crippen LogP contribution < -0.4 is 5.43 Å². The van der Waals surface area contributed by atoms with Gasteiger partial charge in [-0.25, -0.2) is 9.82 Å². The van der Waals surface area contributed by atoms with Crippen molar-refractivity contribution in [1.29, 1.82) is 0 Å². The number of carbonyl (C=O) groups is 1. The lowest BCUT2D eigenvalue weighted by Crippen LogP contribution is -2.18. The Bertz CT molecular complexity index is 669. The monoisotopic (exact) mass is 314 g/mol. The van der Waals surface area contributed by atoms with E-state index in [0.29, 0.717) is 11.3 Å². The molecule has 1 N–H and O–H groups in total. The minimum atomic E-state index is -0.613. The van der Waals surface area contributed by atoms with Crippen molar-refractivity contribution in [3.63, 3.8) is 0 Å². The largest absolute Gasteiger partial charge is 0.459 e. The Kier molecular flexibility index (Phi) is 4.42. The van der Waals surface area contributed by atoms with Crippen LogP contribution in [0.25, 0.3) is 0 Å². The van der Waals surface area contributed by atoms with Gasteiger partial charge in [0, 0.05) is 5.56 Å². The molecule has 1 amide bonds. The molecule has 2 aromatic rings. The van der Waals surface area contributed by atoms with Crippen LogP contribution in [-0.4, -0.2) is 11.6 Å². The van der Waals surface area contributed by atoms with Crippen molar-refractivity contribution in [2.24, 2.45) is 5.10 Å². The van der Waals surface area contributed by atoms with Crippen LogP contribution in [0.15, 0.2) is 40.0 Å². The van der Waals surface area contributed by atoms with Crippen molar-refractivity contribution in [1.82, 2.24) is 5.43 Å². The van der Waals surface area contributed by atoms with E-state index in [1.165, 1.54) is 18.4 Å². The van der Waals surface area contributed by atoms with Gasteiger partial charge in [0.25, 0.3) is 0 Å². The summed E-state index contributed by atoms with van der Waals surface area (Å²) in [5.74, 6) is -1.01. The molecule has 0 spiro atoms. The summed E-state index contributed by atoms with van der Waals surface area (Å²) in [6.45, 7) is 1.58. The summed E-state index contributed by atoms with van der Waals surface area (Å²) in [5.41, 5.74) is 2.97. The molecular weight excluding hydrogens is 306 g/mol. The van der Waals surface area contributed by atoms with E-state index in [-0.39, 0.29) is 15.8 Å². The zero-order valence-corrected chi connectivity index (χ0v) is 11.8. The first kappa shape index (κ1) is 14.6. The second kappa shape index (κ2) is 6.07. The number of nitrogens with one attached hydrogen (secondary N) is 1. The van der Waals surface area contributed by atoms with Gasteiger partial charge in [-0.3, -0.25) is 4.79 Å². The fourth-order valence-corrected chi connectivity index (χ4v) is 1.98. The van der Waals surface area contributed by atoms with Crippen molar-refractivity contribution < 1.29 is 13.6 Å². The Labute approximate surface area is 124 Å².